The predicted octanol–water partition coefficient (Wildman–Crippen LogP) is 2.60. The van der Waals surface area contributed by atoms with E-state index in [9.17, 15) is 9.18 Å². The minimum Gasteiger partial charge on any atom is -0.341 e. The monoisotopic (exact) mass is 292 g/mol. The smallest absolute Gasteiger partial charge is 0.225 e. The van der Waals surface area contributed by atoms with E-state index in [4.69, 9.17) is 0 Å². The van der Waals surface area contributed by atoms with E-state index in [0.717, 1.165) is 25.9 Å². The summed E-state index contributed by atoms with van der Waals surface area (Å²) in [6.07, 6.45) is 3.49. The molecule has 3 nitrogen and oxygen atoms in total. The highest BCUT2D eigenvalue weighted by molar-refractivity contribution is 5.78. The highest BCUT2D eigenvalue weighted by Crippen LogP contribution is 2.18. The molecule has 21 heavy (non-hydrogen) atoms. The third-order valence-electron chi connectivity index (χ3n) is 4.37. The number of amides is 1. The van der Waals surface area contributed by atoms with Crippen molar-refractivity contribution >= 4 is 5.91 Å². The Morgan fingerprint density at radius 3 is 2.95 bits per heavy atom. The first kappa shape index (κ1) is 16.0. The van der Waals surface area contributed by atoms with Crippen molar-refractivity contribution in [1.82, 2.24) is 10.2 Å². The molecule has 0 bridgehead atoms. The standard InChI is InChI=1S/C17H25FN2O/c1-13(9-10-14-6-3-4-8-16(14)18)17(21)20-11-5-7-15(12-20)19-2/h3-4,6,8,13,15,19H,5,7,9-12H2,1-2H3. The Labute approximate surface area is 126 Å². The normalized spacial score (nSPS) is 20.3. The number of hydrogen-bond donors (Lipinski definition) is 1. The molecule has 1 aliphatic heterocycles. The Kier molecular flexibility index (Phi) is 5.74. The van der Waals surface area contributed by atoms with Crippen molar-refractivity contribution in [3.8, 4) is 0 Å². The Morgan fingerprint density at radius 2 is 2.24 bits per heavy atom. The van der Waals surface area contributed by atoms with Gasteiger partial charge in [-0.25, -0.2) is 4.39 Å². The van der Waals surface area contributed by atoms with Crippen LogP contribution in [0.4, 0.5) is 4.39 Å². The molecule has 116 valence electrons. The Hall–Kier alpha value is -1.42. The van der Waals surface area contributed by atoms with Gasteiger partial charge in [-0.2, -0.15) is 0 Å². The van der Waals surface area contributed by atoms with Crippen LogP contribution in [0.15, 0.2) is 24.3 Å². The summed E-state index contributed by atoms with van der Waals surface area (Å²) in [6.45, 7) is 3.59. The zero-order valence-electron chi connectivity index (χ0n) is 12.9. The number of hydrogen-bond acceptors (Lipinski definition) is 2. The van der Waals surface area contributed by atoms with Gasteiger partial charge in [-0.1, -0.05) is 25.1 Å². The van der Waals surface area contributed by atoms with Crippen LogP contribution in [0.3, 0.4) is 0 Å². The Balaban J connectivity index is 1.86. The van der Waals surface area contributed by atoms with E-state index in [-0.39, 0.29) is 17.6 Å². The lowest BCUT2D eigenvalue weighted by Crippen LogP contribution is -2.48. The van der Waals surface area contributed by atoms with E-state index >= 15 is 0 Å². The molecule has 1 aromatic rings. The first-order valence-corrected chi connectivity index (χ1v) is 7.81. The van der Waals surface area contributed by atoms with Gasteiger partial charge in [0.15, 0.2) is 0 Å². The number of nitrogens with one attached hydrogen (secondary N) is 1. The maximum Gasteiger partial charge on any atom is 0.225 e. The highest BCUT2D eigenvalue weighted by atomic mass is 19.1. The molecule has 2 atom stereocenters. The van der Waals surface area contributed by atoms with Crippen LogP contribution in [0.1, 0.15) is 31.7 Å². The average molecular weight is 292 g/mol. The number of rotatable bonds is 5. The van der Waals surface area contributed by atoms with Crippen LogP contribution in [0, 0.1) is 11.7 Å². The van der Waals surface area contributed by atoms with E-state index in [1.54, 1.807) is 12.1 Å². The topological polar surface area (TPSA) is 32.3 Å². The van der Waals surface area contributed by atoms with Crippen LogP contribution in [0.2, 0.25) is 0 Å². The van der Waals surface area contributed by atoms with Crippen molar-refractivity contribution in [2.24, 2.45) is 5.92 Å². The van der Waals surface area contributed by atoms with E-state index in [1.165, 1.54) is 6.07 Å². The summed E-state index contributed by atoms with van der Waals surface area (Å²) < 4.78 is 13.6. The van der Waals surface area contributed by atoms with Crippen LogP contribution >= 0.6 is 0 Å². The van der Waals surface area contributed by atoms with Crippen molar-refractivity contribution in [3.05, 3.63) is 35.6 Å². The molecule has 2 rings (SSSR count). The first-order chi connectivity index (χ1) is 10.1. The summed E-state index contributed by atoms with van der Waals surface area (Å²) in [6, 6.07) is 7.21. The summed E-state index contributed by atoms with van der Waals surface area (Å²) in [5, 5.41) is 3.25. The molecule has 0 radical (unpaired) electrons. The SMILES string of the molecule is CNC1CCCN(C(=O)C(C)CCc2ccccc2F)C1. The quantitative estimate of drug-likeness (QED) is 0.905. The lowest BCUT2D eigenvalue weighted by Gasteiger charge is -2.34. The van der Waals surface area contributed by atoms with E-state index in [2.05, 4.69) is 5.32 Å². The summed E-state index contributed by atoms with van der Waals surface area (Å²) in [5.74, 6) is -0.0307. The lowest BCUT2D eigenvalue weighted by atomic mass is 9.97. The first-order valence-electron chi connectivity index (χ1n) is 7.81. The molecule has 1 N–H and O–H groups in total. The third kappa shape index (κ3) is 4.27. The fraction of sp³-hybridized carbons (Fsp3) is 0.588. The number of likely N-dealkylation sites (tertiary alicyclic amines) is 1. The number of likely N-dealkylation sites (N-methyl/N-ethyl adjacent to an activating group) is 1. The molecule has 1 amide bonds. The maximum absolute atomic E-state index is 13.6. The molecule has 0 aromatic heterocycles. The fourth-order valence-electron chi connectivity index (χ4n) is 2.92. The second-order valence-electron chi connectivity index (χ2n) is 5.94. The summed E-state index contributed by atoms with van der Waals surface area (Å²) in [4.78, 5) is 14.4. The lowest BCUT2D eigenvalue weighted by molar-refractivity contribution is -0.136. The van der Waals surface area contributed by atoms with Gasteiger partial charge in [0.25, 0.3) is 0 Å². The van der Waals surface area contributed by atoms with Crippen LogP contribution in [0.25, 0.3) is 0 Å². The van der Waals surface area contributed by atoms with Crippen molar-refractivity contribution in [3.63, 3.8) is 0 Å². The van der Waals surface area contributed by atoms with E-state index in [0.29, 0.717) is 24.4 Å². The molecule has 2 unspecified atom stereocenters. The van der Waals surface area contributed by atoms with Crippen molar-refractivity contribution < 1.29 is 9.18 Å². The number of piperidine rings is 1. The fourth-order valence-corrected chi connectivity index (χ4v) is 2.92. The number of aryl methyl sites for hydroxylation is 1. The molecule has 1 saturated heterocycles. The number of nitrogens with zero attached hydrogens (tertiary/aromatic N) is 1. The summed E-state index contributed by atoms with van der Waals surface area (Å²) in [7, 11) is 1.94. The molecule has 1 aliphatic rings. The largest absolute Gasteiger partial charge is 0.341 e. The number of benzene rings is 1. The second kappa shape index (κ2) is 7.55. The zero-order chi connectivity index (χ0) is 15.2. The minimum absolute atomic E-state index is 0.0554. The van der Waals surface area contributed by atoms with Crippen LogP contribution in [-0.2, 0) is 11.2 Å². The van der Waals surface area contributed by atoms with Gasteiger partial charge in [-0.3, -0.25) is 4.79 Å². The maximum atomic E-state index is 13.6. The van der Waals surface area contributed by atoms with Gasteiger partial charge >= 0.3 is 0 Å². The predicted molar refractivity (Wildman–Crippen MR) is 82.5 cm³/mol. The molecule has 1 heterocycles. The zero-order valence-corrected chi connectivity index (χ0v) is 12.9. The van der Waals surface area contributed by atoms with Crippen LogP contribution in [0.5, 0.6) is 0 Å². The number of halogens is 1. The highest BCUT2D eigenvalue weighted by Gasteiger charge is 2.25. The van der Waals surface area contributed by atoms with Crippen molar-refractivity contribution in [2.45, 2.75) is 38.6 Å². The molecule has 0 aliphatic carbocycles. The van der Waals surface area contributed by atoms with Gasteiger partial charge in [0.05, 0.1) is 0 Å². The summed E-state index contributed by atoms with van der Waals surface area (Å²) in [5.41, 5.74) is 0.698. The van der Waals surface area contributed by atoms with Crippen LogP contribution < -0.4 is 5.32 Å². The molecular weight excluding hydrogens is 267 g/mol. The molecule has 0 saturated carbocycles. The molecule has 1 fully saturated rings. The Bertz CT molecular complexity index is 478. The minimum atomic E-state index is -0.176. The van der Waals surface area contributed by atoms with E-state index in [1.807, 2.05) is 24.9 Å². The second-order valence-corrected chi connectivity index (χ2v) is 5.94. The third-order valence-corrected chi connectivity index (χ3v) is 4.37. The van der Waals surface area contributed by atoms with E-state index < -0.39 is 0 Å². The van der Waals surface area contributed by atoms with Crippen LogP contribution in [-0.4, -0.2) is 37.0 Å². The molecule has 1 aromatic carbocycles. The van der Waals surface area contributed by atoms with Gasteiger partial charge in [0.2, 0.25) is 5.91 Å². The van der Waals surface area contributed by atoms with Gasteiger partial charge in [0.1, 0.15) is 5.82 Å². The van der Waals surface area contributed by atoms with Gasteiger partial charge in [0, 0.05) is 25.0 Å². The number of carbonyl (C=O) groups is 1. The van der Waals surface area contributed by atoms with Gasteiger partial charge < -0.3 is 10.2 Å². The molecule has 0 spiro atoms. The molecular formula is C17H25FN2O. The van der Waals surface area contributed by atoms with Gasteiger partial charge in [-0.15, -0.1) is 0 Å². The summed E-state index contributed by atoms with van der Waals surface area (Å²) >= 11 is 0. The Morgan fingerprint density at radius 1 is 1.48 bits per heavy atom. The average Bonchev–Trinajstić information content (AvgIpc) is 2.53. The van der Waals surface area contributed by atoms with Gasteiger partial charge in [-0.05, 0) is 44.4 Å². The number of carbonyl (C=O) groups excluding carboxylic acids is 1. The van der Waals surface area contributed by atoms with Crippen molar-refractivity contribution in [2.75, 3.05) is 20.1 Å². The van der Waals surface area contributed by atoms with Crippen molar-refractivity contribution in [1.29, 1.82) is 0 Å². The molecule has 4 heteroatoms.